The Kier molecular flexibility index (Phi) is 4.22. The van der Waals surface area contributed by atoms with Gasteiger partial charge in [0.1, 0.15) is 6.04 Å². The molecule has 5 heteroatoms. The first-order chi connectivity index (χ1) is 8.59. The van der Waals surface area contributed by atoms with Crippen LogP contribution in [0.2, 0.25) is 0 Å². The maximum Gasteiger partial charge on any atom is 0.245 e. The van der Waals surface area contributed by atoms with Crippen LogP contribution in [0, 0.1) is 5.92 Å². The van der Waals surface area contributed by atoms with Gasteiger partial charge >= 0.3 is 0 Å². The summed E-state index contributed by atoms with van der Waals surface area (Å²) in [6.45, 7) is 6.50. The van der Waals surface area contributed by atoms with Gasteiger partial charge in [0.05, 0.1) is 5.92 Å². The highest BCUT2D eigenvalue weighted by molar-refractivity contribution is 5.90. The number of rotatable bonds is 3. The molecule has 2 aliphatic rings. The lowest BCUT2D eigenvalue weighted by atomic mass is 9.98. The van der Waals surface area contributed by atoms with Crippen molar-refractivity contribution in [1.82, 2.24) is 15.5 Å². The Balaban J connectivity index is 1.86. The first kappa shape index (κ1) is 13.3. The summed E-state index contributed by atoms with van der Waals surface area (Å²) in [6.07, 6.45) is 2.70. The van der Waals surface area contributed by atoms with E-state index in [2.05, 4.69) is 10.6 Å². The molecule has 5 nitrogen and oxygen atoms in total. The molecule has 0 radical (unpaired) electrons. The van der Waals surface area contributed by atoms with Gasteiger partial charge in [0.15, 0.2) is 0 Å². The zero-order valence-electron chi connectivity index (χ0n) is 11.2. The van der Waals surface area contributed by atoms with Crippen molar-refractivity contribution in [2.75, 3.05) is 19.6 Å². The zero-order chi connectivity index (χ0) is 13.1. The second-order valence-electron chi connectivity index (χ2n) is 5.52. The number of hydrogen-bond donors (Lipinski definition) is 2. The van der Waals surface area contributed by atoms with Crippen molar-refractivity contribution in [2.45, 2.75) is 45.2 Å². The molecule has 2 unspecified atom stereocenters. The van der Waals surface area contributed by atoms with Crippen molar-refractivity contribution in [3.63, 3.8) is 0 Å². The highest BCUT2D eigenvalue weighted by atomic mass is 16.2. The topological polar surface area (TPSA) is 61.4 Å². The highest BCUT2D eigenvalue weighted by Gasteiger charge is 2.35. The minimum atomic E-state index is -0.304. The van der Waals surface area contributed by atoms with Crippen LogP contribution in [0.3, 0.4) is 0 Å². The van der Waals surface area contributed by atoms with Crippen LogP contribution in [-0.4, -0.2) is 48.4 Å². The highest BCUT2D eigenvalue weighted by Crippen LogP contribution is 2.16. The van der Waals surface area contributed by atoms with Crippen molar-refractivity contribution in [1.29, 1.82) is 0 Å². The fraction of sp³-hybridized carbons (Fsp3) is 0.846. The summed E-state index contributed by atoms with van der Waals surface area (Å²) in [5, 5.41) is 6.14. The van der Waals surface area contributed by atoms with Gasteiger partial charge in [-0.3, -0.25) is 9.59 Å². The lowest BCUT2D eigenvalue weighted by molar-refractivity contribution is -0.135. The molecule has 0 bridgehead atoms. The third-order valence-corrected chi connectivity index (χ3v) is 3.85. The van der Waals surface area contributed by atoms with E-state index in [0.717, 1.165) is 38.9 Å². The minimum absolute atomic E-state index is 0.0275. The molecule has 102 valence electrons. The van der Waals surface area contributed by atoms with Gasteiger partial charge in [0.25, 0.3) is 0 Å². The van der Waals surface area contributed by atoms with Crippen molar-refractivity contribution >= 4 is 11.8 Å². The number of hydrogen-bond acceptors (Lipinski definition) is 3. The van der Waals surface area contributed by atoms with E-state index in [9.17, 15) is 9.59 Å². The second kappa shape index (κ2) is 5.69. The number of nitrogens with one attached hydrogen (secondary N) is 2. The molecule has 2 fully saturated rings. The molecule has 0 saturated carbocycles. The van der Waals surface area contributed by atoms with Crippen LogP contribution in [0.5, 0.6) is 0 Å². The average molecular weight is 253 g/mol. The van der Waals surface area contributed by atoms with Gasteiger partial charge in [0, 0.05) is 19.1 Å². The Bertz CT molecular complexity index is 324. The van der Waals surface area contributed by atoms with Crippen molar-refractivity contribution in [3.8, 4) is 0 Å². The molecular formula is C13H23N3O2. The summed E-state index contributed by atoms with van der Waals surface area (Å²) in [5.41, 5.74) is 0. The number of piperidine rings is 1. The maximum absolute atomic E-state index is 12.1. The van der Waals surface area contributed by atoms with Crippen LogP contribution in [0.15, 0.2) is 0 Å². The second-order valence-corrected chi connectivity index (χ2v) is 5.52. The van der Waals surface area contributed by atoms with Gasteiger partial charge in [-0.15, -0.1) is 0 Å². The molecule has 2 amide bonds. The molecule has 2 atom stereocenters. The molecule has 0 aromatic heterocycles. The predicted molar refractivity (Wildman–Crippen MR) is 69.0 cm³/mol. The molecule has 0 aromatic carbocycles. The van der Waals surface area contributed by atoms with E-state index in [0.29, 0.717) is 0 Å². The summed E-state index contributed by atoms with van der Waals surface area (Å²) in [4.78, 5) is 26.0. The Labute approximate surface area is 108 Å². The Morgan fingerprint density at radius 2 is 2.22 bits per heavy atom. The molecule has 0 aromatic rings. The Hall–Kier alpha value is -1.10. The third-order valence-electron chi connectivity index (χ3n) is 3.85. The summed E-state index contributed by atoms with van der Waals surface area (Å²) in [6, 6.07) is -0.0856. The first-order valence-corrected chi connectivity index (χ1v) is 6.91. The quantitative estimate of drug-likeness (QED) is 0.750. The van der Waals surface area contributed by atoms with Gasteiger partial charge in [-0.25, -0.2) is 0 Å². The molecule has 2 saturated heterocycles. The van der Waals surface area contributed by atoms with Crippen LogP contribution in [0.4, 0.5) is 0 Å². The van der Waals surface area contributed by atoms with Crippen LogP contribution in [-0.2, 0) is 9.59 Å². The normalized spacial score (nSPS) is 28.8. The van der Waals surface area contributed by atoms with Crippen molar-refractivity contribution in [2.24, 2.45) is 5.92 Å². The summed E-state index contributed by atoms with van der Waals surface area (Å²) >= 11 is 0. The molecule has 18 heavy (non-hydrogen) atoms. The van der Waals surface area contributed by atoms with Gasteiger partial charge in [-0.05, 0) is 39.7 Å². The van der Waals surface area contributed by atoms with E-state index in [1.165, 1.54) is 0 Å². The number of nitrogens with zero attached hydrogens (tertiary/aromatic N) is 1. The largest absolute Gasteiger partial charge is 0.344 e. The number of amides is 2. The Morgan fingerprint density at radius 1 is 1.44 bits per heavy atom. The molecule has 2 N–H and O–H groups in total. The minimum Gasteiger partial charge on any atom is -0.344 e. The van der Waals surface area contributed by atoms with Gasteiger partial charge in [-0.2, -0.15) is 0 Å². The lowest BCUT2D eigenvalue weighted by Gasteiger charge is -2.24. The van der Waals surface area contributed by atoms with Crippen LogP contribution < -0.4 is 10.6 Å². The van der Waals surface area contributed by atoms with Crippen molar-refractivity contribution < 1.29 is 9.59 Å². The van der Waals surface area contributed by atoms with Crippen LogP contribution in [0.1, 0.15) is 33.1 Å². The average Bonchev–Trinajstić information content (AvgIpc) is 2.72. The molecule has 0 aliphatic carbocycles. The molecule has 2 aliphatic heterocycles. The van der Waals surface area contributed by atoms with E-state index in [1.54, 1.807) is 0 Å². The van der Waals surface area contributed by atoms with Crippen LogP contribution in [0.25, 0.3) is 0 Å². The number of carbonyl (C=O) groups is 2. The predicted octanol–water partition coefficient (Wildman–Crippen LogP) is 0.112. The van der Waals surface area contributed by atoms with Crippen molar-refractivity contribution in [3.05, 3.63) is 0 Å². The maximum atomic E-state index is 12.1. The zero-order valence-corrected chi connectivity index (χ0v) is 11.2. The summed E-state index contributed by atoms with van der Waals surface area (Å²) in [7, 11) is 0. The monoisotopic (exact) mass is 253 g/mol. The summed E-state index contributed by atoms with van der Waals surface area (Å²) in [5.74, 6) is 0.132. The lowest BCUT2D eigenvalue weighted by Crippen LogP contribution is -2.48. The molecule has 2 heterocycles. The van der Waals surface area contributed by atoms with E-state index in [4.69, 9.17) is 0 Å². The number of likely N-dealkylation sites (tertiary alicyclic amines) is 1. The number of carbonyl (C=O) groups excluding carboxylic acids is 2. The van der Waals surface area contributed by atoms with E-state index in [1.807, 2.05) is 18.7 Å². The van der Waals surface area contributed by atoms with Gasteiger partial charge < -0.3 is 15.5 Å². The fourth-order valence-electron chi connectivity index (χ4n) is 2.71. The van der Waals surface area contributed by atoms with E-state index in [-0.39, 0.29) is 29.8 Å². The third kappa shape index (κ3) is 2.83. The van der Waals surface area contributed by atoms with Crippen LogP contribution >= 0.6 is 0 Å². The molecule has 0 spiro atoms. The van der Waals surface area contributed by atoms with Gasteiger partial charge in [-0.1, -0.05) is 0 Å². The SMILES string of the molecule is CC(C)N1CCC(NC(=O)C2CCCNC2)C1=O. The summed E-state index contributed by atoms with van der Waals surface area (Å²) < 4.78 is 0. The Morgan fingerprint density at radius 3 is 2.78 bits per heavy atom. The van der Waals surface area contributed by atoms with E-state index < -0.39 is 0 Å². The fourth-order valence-corrected chi connectivity index (χ4v) is 2.71. The smallest absolute Gasteiger partial charge is 0.245 e. The molecule has 2 rings (SSSR count). The van der Waals surface area contributed by atoms with Gasteiger partial charge in [0.2, 0.25) is 11.8 Å². The molecular weight excluding hydrogens is 230 g/mol. The standard InChI is InChI=1S/C13H23N3O2/c1-9(2)16-7-5-11(13(16)18)15-12(17)10-4-3-6-14-8-10/h9-11,14H,3-8H2,1-2H3,(H,15,17). The van der Waals surface area contributed by atoms with E-state index >= 15 is 0 Å². The first-order valence-electron chi connectivity index (χ1n) is 6.91.